The molecule has 3 aliphatic rings. The molecule has 3 rings (SSSR count). The Morgan fingerprint density at radius 2 is 2.14 bits per heavy atom. The first-order valence-electron chi connectivity index (χ1n) is 5.27. The van der Waals surface area contributed by atoms with E-state index in [-0.39, 0.29) is 5.91 Å². The summed E-state index contributed by atoms with van der Waals surface area (Å²) >= 11 is 0. The molecular formula is C10H18N2O2. The van der Waals surface area contributed by atoms with Gasteiger partial charge in [0.05, 0.1) is 6.10 Å². The highest BCUT2D eigenvalue weighted by molar-refractivity contribution is 5.76. The molecule has 1 amide bonds. The van der Waals surface area contributed by atoms with E-state index in [1.165, 1.54) is 6.42 Å². The summed E-state index contributed by atoms with van der Waals surface area (Å²) in [5, 5.41) is 0. The molecule has 14 heavy (non-hydrogen) atoms. The average Bonchev–Trinajstić information content (AvgIpc) is 2.19. The van der Waals surface area contributed by atoms with E-state index in [9.17, 15) is 4.79 Å². The summed E-state index contributed by atoms with van der Waals surface area (Å²) < 4.78 is 5.38. The molecule has 2 saturated heterocycles. The van der Waals surface area contributed by atoms with Gasteiger partial charge in [0, 0.05) is 45.0 Å². The van der Waals surface area contributed by atoms with Crippen LogP contribution in [0.15, 0.2) is 0 Å². The predicted octanol–water partition coefficient (Wildman–Crippen LogP) is -0.171. The van der Waals surface area contributed by atoms with E-state index < -0.39 is 0 Å². The number of rotatable bonds is 3. The Morgan fingerprint density at radius 3 is 2.64 bits per heavy atom. The molecule has 4 nitrogen and oxygen atoms in total. The van der Waals surface area contributed by atoms with Crippen LogP contribution < -0.4 is 5.73 Å². The van der Waals surface area contributed by atoms with Crippen LogP contribution >= 0.6 is 0 Å². The minimum absolute atomic E-state index is 0.205. The van der Waals surface area contributed by atoms with Gasteiger partial charge in [0.1, 0.15) is 0 Å². The number of nitrogens with two attached hydrogens (primary N) is 1. The maximum Gasteiger partial charge on any atom is 0.223 e. The first-order valence-corrected chi connectivity index (χ1v) is 5.27. The van der Waals surface area contributed by atoms with E-state index >= 15 is 0 Å². The van der Waals surface area contributed by atoms with Gasteiger partial charge < -0.3 is 15.4 Å². The lowest BCUT2D eigenvalue weighted by Crippen LogP contribution is -2.60. The Kier molecular flexibility index (Phi) is 2.74. The van der Waals surface area contributed by atoms with Crippen molar-refractivity contribution < 1.29 is 9.53 Å². The Morgan fingerprint density at radius 1 is 1.50 bits per heavy atom. The van der Waals surface area contributed by atoms with Gasteiger partial charge in [-0.25, -0.2) is 0 Å². The zero-order valence-corrected chi connectivity index (χ0v) is 8.61. The lowest BCUT2D eigenvalue weighted by atomic mass is 9.68. The van der Waals surface area contributed by atoms with E-state index in [4.69, 9.17) is 10.5 Å². The van der Waals surface area contributed by atoms with Crippen molar-refractivity contribution in [3.8, 4) is 0 Å². The van der Waals surface area contributed by atoms with Crippen molar-refractivity contribution in [2.75, 3.05) is 26.7 Å². The van der Waals surface area contributed by atoms with E-state index in [0.717, 1.165) is 13.1 Å². The van der Waals surface area contributed by atoms with Crippen LogP contribution in [0, 0.1) is 11.8 Å². The topological polar surface area (TPSA) is 55.6 Å². The molecule has 1 aliphatic carbocycles. The maximum atomic E-state index is 11.6. The molecule has 3 fully saturated rings. The molecule has 2 unspecified atom stereocenters. The van der Waals surface area contributed by atoms with Crippen molar-refractivity contribution in [1.82, 2.24) is 4.90 Å². The molecule has 0 spiro atoms. The van der Waals surface area contributed by atoms with Crippen molar-refractivity contribution in [2.24, 2.45) is 17.6 Å². The van der Waals surface area contributed by atoms with Gasteiger partial charge in [-0.2, -0.15) is 0 Å². The number of methoxy groups -OCH3 is 1. The second-order valence-electron chi connectivity index (χ2n) is 4.29. The Bertz CT molecular complexity index is 220. The van der Waals surface area contributed by atoms with Crippen molar-refractivity contribution >= 4 is 5.91 Å². The highest BCUT2D eigenvalue weighted by Gasteiger charge is 2.47. The van der Waals surface area contributed by atoms with Crippen molar-refractivity contribution in [3.05, 3.63) is 0 Å². The molecule has 0 aromatic heterocycles. The van der Waals surface area contributed by atoms with Crippen LogP contribution in [0.2, 0.25) is 0 Å². The number of fused-ring (bicyclic) bond motifs is 2. The van der Waals surface area contributed by atoms with Gasteiger partial charge in [-0.1, -0.05) is 0 Å². The van der Waals surface area contributed by atoms with Gasteiger partial charge in [-0.15, -0.1) is 0 Å². The molecule has 2 bridgehead atoms. The number of carbonyl (C=O) groups excluding carboxylic acids is 1. The van der Waals surface area contributed by atoms with Crippen LogP contribution in [0.1, 0.15) is 12.8 Å². The van der Waals surface area contributed by atoms with Crippen LogP contribution in [0.4, 0.5) is 0 Å². The molecule has 2 atom stereocenters. The number of piperidine rings is 2. The smallest absolute Gasteiger partial charge is 0.223 e. The van der Waals surface area contributed by atoms with Crippen molar-refractivity contribution in [1.29, 1.82) is 0 Å². The van der Waals surface area contributed by atoms with Crippen molar-refractivity contribution in [3.63, 3.8) is 0 Å². The van der Waals surface area contributed by atoms with Gasteiger partial charge in [-0.3, -0.25) is 4.79 Å². The average molecular weight is 198 g/mol. The third kappa shape index (κ3) is 1.53. The summed E-state index contributed by atoms with van der Waals surface area (Å²) in [4.78, 5) is 13.5. The number of hydrogen-bond donors (Lipinski definition) is 1. The molecule has 80 valence electrons. The monoisotopic (exact) mass is 198 g/mol. The summed E-state index contributed by atoms with van der Waals surface area (Å²) in [5.41, 5.74) is 5.36. The second-order valence-corrected chi connectivity index (χ2v) is 4.29. The minimum Gasteiger partial charge on any atom is -0.381 e. The van der Waals surface area contributed by atoms with Crippen LogP contribution in [0.5, 0.6) is 0 Å². The van der Waals surface area contributed by atoms with Gasteiger partial charge in [0.25, 0.3) is 0 Å². The number of nitrogens with zero attached hydrogens (tertiary/aromatic N) is 1. The SMILES string of the molecule is COC1C2CC1CN(C(=O)CCN)C2. The summed E-state index contributed by atoms with van der Waals surface area (Å²) in [5.74, 6) is 1.35. The van der Waals surface area contributed by atoms with E-state index in [0.29, 0.717) is 30.9 Å². The van der Waals surface area contributed by atoms with Gasteiger partial charge in [-0.05, 0) is 6.42 Å². The standard InChI is InChI=1S/C10H18N2O2/c1-14-10-7-4-8(10)6-12(5-7)9(13)2-3-11/h7-8,10H,2-6,11H2,1H3. The molecular weight excluding hydrogens is 180 g/mol. The lowest BCUT2D eigenvalue weighted by Gasteiger charge is -2.52. The Balaban J connectivity index is 1.87. The number of ether oxygens (including phenoxy) is 1. The first-order chi connectivity index (χ1) is 6.76. The third-order valence-electron chi connectivity index (χ3n) is 3.43. The van der Waals surface area contributed by atoms with Crippen LogP contribution in [-0.2, 0) is 9.53 Å². The molecule has 2 heterocycles. The highest BCUT2D eigenvalue weighted by Crippen LogP contribution is 2.41. The van der Waals surface area contributed by atoms with Crippen LogP contribution in [0.25, 0.3) is 0 Å². The molecule has 2 N–H and O–H groups in total. The number of carbonyl (C=O) groups is 1. The molecule has 0 aromatic rings. The summed E-state index contributed by atoms with van der Waals surface area (Å²) in [6.45, 7) is 2.19. The Labute approximate surface area is 84.4 Å². The third-order valence-corrected chi connectivity index (χ3v) is 3.43. The van der Waals surface area contributed by atoms with E-state index in [2.05, 4.69) is 0 Å². The van der Waals surface area contributed by atoms with Crippen LogP contribution in [0.3, 0.4) is 0 Å². The first kappa shape index (κ1) is 9.93. The molecule has 4 heteroatoms. The Hall–Kier alpha value is -0.610. The maximum absolute atomic E-state index is 11.6. The van der Waals surface area contributed by atoms with Crippen molar-refractivity contribution in [2.45, 2.75) is 18.9 Å². The second kappa shape index (κ2) is 3.87. The van der Waals surface area contributed by atoms with Gasteiger partial charge in [0.2, 0.25) is 5.91 Å². The lowest BCUT2D eigenvalue weighted by molar-refractivity contribution is -0.155. The van der Waals surface area contributed by atoms with Gasteiger partial charge >= 0.3 is 0 Å². The summed E-state index contributed by atoms with van der Waals surface area (Å²) in [6, 6.07) is 0. The summed E-state index contributed by atoms with van der Waals surface area (Å²) in [7, 11) is 1.77. The molecule has 2 aliphatic heterocycles. The fraction of sp³-hybridized carbons (Fsp3) is 0.900. The molecule has 0 aromatic carbocycles. The van der Waals surface area contributed by atoms with E-state index in [1.807, 2.05) is 4.90 Å². The molecule has 1 saturated carbocycles. The van der Waals surface area contributed by atoms with E-state index in [1.54, 1.807) is 7.11 Å². The van der Waals surface area contributed by atoms with Gasteiger partial charge in [0.15, 0.2) is 0 Å². The molecule has 0 radical (unpaired) electrons. The predicted molar refractivity (Wildman–Crippen MR) is 52.6 cm³/mol. The zero-order valence-electron chi connectivity index (χ0n) is 8.61. The van der Waals surface area contributed by atoms with Crippen LogP contribution in [-0.4, -0.2) is 43.7 Å². The normalized spacial score (nSPS) is 35.3. The number of hydrogen-bond acceptors (Lipinski definition) is 3. The largest absolute Gasteiger partial charge is 0.381 e. The fourth-order valence-corrected chi connectivity index (χ4v) is 2.71. The fourth-order valence-electron chi connectivity index (χ4n) is 2.71. The number of amides is 1. The minimum atomic E-state index is 0.205. The quantitative estimate of drug-likeness (QED) is 0.685. The zero-order chi connectivity index (χ0) is 10.1. The summed E-state index contributed by atoms with van der Waals surface area (Å²) in [6.07, 6.45) is 2.11. The highest BCUT2D eigenvalue weighted by atomic mass is 16.5.